The molecular formula is C15H11BrINO2S. The first-order valence-corrected chi connectivity index (χ1v) is 9.49. The van der Waals surface area contributed by atoms with Gasteiger partial charge in [0.25, 0.3) is 10.0 Å². The van der Waals surface area contributed by atoms with Gasteiger partial charge in [-0.3, -0.25) is 0 Å². The number of hydrogen-bond acceptors (Lipinski definition) is 2. The van der Waals surface area contributed by atoms with E-state index in [4.69, 9.17) is 0 Å². The second kappa shape index (κ2) is 5.40. The first-order valence-electron chi connectivity index (χ1n) is 6.18. The van der Waals surface area contributed by atoms with Crippen LogP contribution in [-0.2, 0) is 10.0 Å². The van der Waals surface area contributed by atoms with E-state index in [1.54, 1.807) is 30.5 Å². The van der Waals surface area contributed by atoms with Gasteiger partial charge in [0.15, 0.2) is 0 Å². The Morgan fingerprint density at radius 3 is 2.43 bits per heavy atom. The molecule has 0 atom stereocenters. The largest absolute Gasteiger partial charge is 0.268 e. The maximum Gasteiger partial charge on any atom is 0.268 e. The minimum atomic E-state index is -3.58. The van der Waals surface area contributed by atoms with E-state index in [-0.39, 0.29) is 0 Å². The number of fused-ring (bicyclic) bond motifs is 1. The zero-order valence-electron chi connectivity index (χ0n) is 11.0. The van der Waals surface area contributed by atoms with E-state index in [0.717, 1.165) is 19.0 Å². The molecule has 0 aliphatic heterocycles. The first kappa shape index (κ1) is 15.1. The molecule has 1 heterocycles. The molecule has 0 saturated carbocycles. The summed E-state index contributed by atoms with van der Waals surface area (Å²) >= 11 is 5.57. The number of benzene rings is 2. The van der Waals surface area contributed by atoms with Crippen LogP contribution in [0.1, 0.15) is 5.56 Å². The molecule has 3 rings (SSSR count). The van der Waals surface area contributed by atoms with Crippen LogP contribution in [0.3, 0.4) is 0 Å². The van der Waals surface area contributed by atoms with E-state index >= 15 is 0 Å². The molecule has 2 aromatic carbocycles. The highest BCUT2D eigenvalue weighted by Crippen LogP contribution is 2.29. The zero-order chi connectivity index (χ0) is 15.2. The molecule has 0 unspecified atom stereocenters. The molecule has 0 spiro atoms. The van der Waals surface area contributed by atoms with Crippen LogP contribution < -0.4 is 0 Å². The Bertz CT molecular complexity index is 930. The molecule has 1 aromatic heterocycles. The minimum Gasteiger partial charge on any atom is -0.240 e. The highest BCUT2D eigenvalue weighted by atomic mass is 127. The summed E-state index contributed by atoms with van der Waals surface area (Å²) in [5.74, 6) is 0. The van der Waals surface area contributed by atoms with Crippen molar-refractivity contribution in [3.63, 3.8) is 0 Å². The van der Waals surface area contributed by atoms with Crippen LogP contribution in [0.25, 0.3) is 10.9 Å². The second-order valence-electron chi connectivity index (χ2n) is 4.75. The van der Waals surface area contributed by atoms with Gasteiger partial charge in [-0.05, 0) is 59.8 Å². The van der Waals surface area contributed by atoms with Crippen LogP contribution in [0.15, 0.2) is 58.0 Å². The third-order valence-electron chi connectivity index (χ3n) is 3.26. The van der Waals surface area contributed by atoms with Gasteiger partial charge in [-0.2, -0.15) is 0 Å². The molecule has 0 bridgehead atoms. The lowest BCUT2D eigenvalue weighted by molar-refractivity contribution is 0.589. The number of nitrogens with zero attached hydrogens (tertiary/aromatic N) is 1. The summed E-state index contributed by atoms with van der Waals surface area (Å²) in [5.41, 5.74) is 1.72. The predicted octanol–water partition coefficient (Wildman–Crippen LogP) is 4.55. The lowest BCUT2D eigenvalue weighted by atomic mass is 10.2. The Balaban J connectivity index is 2.26. The van der Waals surface area contributed by atoms with Crippen LogP contribution in [0.4, 0.5) is 0 Å². The summed E-state index contributed by atoms with van der Waals surface area (Å²) in [5, 5.41) is 0.917. The van der Waals surface area contributed by atoms with Gasteiger partial charge in [-0.1, -0.05) is 33.6 Å². The Morgan fingerprint density at radius 2 is 1.76 bits per heavy atom. The van der Waals surface area contributed by atoms with Crippen LogP contribution in [-0.4, -0.2) is 12.4 Å². The second-order valence-corrected chi connectivity index (χ2v) is 8.65. The highest BCUT2D eigenvalue weighted by molar-refractivity contribution is 14.1. The summed E-state index contributed by atoms with van der Waals surface area (Å²) in [7, 11) is -3.58. The molecule has 6 heteroatoms. The van der Waals surface area contributed by atoms with E-state index in [1.165, 1.54) is 3.97 Å². The fourth-order valence-corrected chi connectivity index (χ4v) is 4.79. The minimum absolute atomic E-state index is 0.296. The fraction of sp³-hybridized carbons (Fsp3) is 0.0667. The van der Waals surface area contributed by atoms with Gasteiger partial charge in [-0.25, -0.2) is 12.4 Å². The number of aromatic nitrogens is 1. The first-order chi connectivity index (χ1) is 9.89. The van der Waals surface area contributed by atoms with Gasteiger partial charge in [0.1, 0.15) is 0 Å². The van der Waals surface area contributed by atoms with E-state index in [2.05, 4.69) is 38.5 Å². The van der Waals surface area contributed by atoms with E-state index in [9.17, 15) is 8.42 Å². The molecule has 0 N–H and O–H groups in total. The zero-order valence-corrected chi connectivity index (χ0v) is 15.6. The van der Waals surface area contributed by atoms with Crippen molar-refractivity contribution in [2.75, 3.05) is 0 Å². The van der Waals surface area contributed by atoms with Crippen molar-refractivity contribution >= 4 is 59.4 Å². The topological polar surface area (TPSA) is 39.1 Å². The maximum atomic E-state index is 12.8. The Labute approximate surface area is 145 Å². The van der Waals surface area contributed by atoms with Crippen molar-refractivity contribution in [1.29, 1.82) is 0 Å². The maximum absolute atomic E-state index is 12.8. The summed E-state index contributed by atoms with van der Waals surface area (Å²) in [6.07, 6.45) is 1.66. The number of halogens is 2. The Kier molecular flexibility index (Phi) is 3.87. The molecule has 108 valence electrons. The van der Waals surface area contributed by atoms with Gasteiger partial charge in [0.2, 0.25) is 0 Å². The molecule has 3 aromatic rings. The van der Waals surface area contributed by atoms with Gasteiger partial charge in [0.05, 0.1) is 10.4 Å². The third-order valence-corrected chi connectivity index (χ3v) is 6.30. The normalized spacial score (nSPS) is 12.0. The molecule has 0 aliphatic carbocycles. The molecule has 0 fully saturated rings. The standard InChI is InChI=1S/C15H11BrINO2S/c1-10-2-5-12(6-3-10)21(19,20)18-9-14(17)13-8-11(16)4-7-15(13)18/h2-9H,1H3. The lowest BCUT2D eigenvalue weighted by Crippen LogP contribution is -2.11. The van der Waals surface area contributed by atoms with Crippen molar-refractivity contribution in [2.24, 2.45) is 0 Å². The highest BCUT2D eigenvalue weighted by Gasteiger charge is 2.20. The average Bonchev–Trinajstić information content (AvgIpc) is 2.77. The van der Waals surface area contributed by atoms with Gasteiger partial charge in [0, 0.05) is 19.6 Å². The molecule has 0 saturated heterocycles. The van der Waals surface area contributed by atoms with Crippen LogP contribution in [0, 0.1) is 10.5 Å². The summed E-state index contributed by atoms with van der Waals surface area (Å²) in [6, 6.07) is 12.5. The molecular weight excluding hydrogens is 465 g/mol. The molecule has 0 amide bonds. The lowest BCUT2D eigenvalue weighted by Gasteiger charge is -2.08. The van der Waals surface area contributed by atoms with Crippen molar-refractivity contribution in [2.45, 2.75) is 11.8 Å². The summed E-state index contributed by atoms with van der Waals surface area (Å²) in [6.45, 7) is 1.93. The summed E-state index contributed by atoms with van der Waals surface area (Å²) < 4.78 is 28.8. The Morgan fingerprint density at radius 1 is 1.10 bits per heavy atom. The van der Waals surface area contributed by atoms with Crippen molar-refractivity contribution < 1.29 is 8.42 Å². The number of hydrogen-bond donors (Lipinski definition) is 0. The molecule has 21 heavy (non-hydrogen) atoms. The predicted molar refractivity (Wildman–Crippen MR) is 96.1 cm³/mol. The van der Waals surface area contributed by atoms with Crippen LogP contribution in [0.2, 0.25) is 0 Å². The molecule has 3 nitrogen and oxygen atoms in total. The van der Waals surface area contributed by atoms with Crippen molar-refractivity contribution in [1.82, 2.24) is 3.97 Å². The van der Waals surface area contributed by atoms with E-state index in [0.29, 0.717) is 10.4 Å². The molecule has 0 aliphatic rings. The SMILES string of the molecule is Cc1ccc(S(=O)(=O)n2cc(I)c3cc(Br)ccc32)cc1. The molecule has 0 radical (unpaired) electrons. The van der Waals surface area contributed by atoms with Crippen molar-refractivity contribution in [3.05, 3.63) is 62.3 Å². The van der Waals surface area contributed by atoms with E-state index in [1.807, 2.05) is 25.1 Å². The number of aryl methyl sites for hydroxylation is 1. The van der Waals surface area contributed by atoms with Crippen LogP contribution in [0.5, 0.6) is 0 Å². The van der Waals surface area contributed by atoms with Gasteiger partial charge in [-0.15, -0.1) is 0 Å². The third kappa shape index (κ3) is 2.64. The van der Waals surface area contributed by atoms with Gasteiger partial charge < -0.3 is 0 Å². The van der Waals surface area contributed by atoms with E-state index < -0.39 is 10.0 Å². The smallest absolute Gasteiger partial charge is 0.240 e. The van der Waals surface area contributed by atoms with Crippen LogP contribution >= 0.6 is 38.5 Å². The summed E-state index contributed by atoms with van der Waals surface area (Å²) in [4.78, 5) is 0.296. The fourth-order valence-electron chi connectivity index (χ4n) is 2.16. The average molecular weight is 476 g/mol. The monoisotopic (exact) mass is 475 g/mol. The quantitative estimate of drug-likeness (QED) is 0.510. The Hall–Kier alpha value is -0.860. The number of rotatable bonds is 2. The van der Waals surface area contributed by atoms with Gasteiger partial charge >= 0.3 is 0 Å². The van der Waals surface area contributed by atoms with Crippen molar-refractivity contribution in [3.8, 4) is 0 Å².